The molecule has 2 amide bonds. The second kappa shape index (κ2) is 8.46. The highest BCUT2D eigenvalue weighted by Gasteiger charge is 2.16. The molecule has 0 unspecified atom stereocenters. The highest BCUT2D eigenvalue weighted by Crippen LogP contribution is 2.25. The number of benzene rings is 1. The molecule has 0 aliphatic rings. The van der Waals surface area contributed by atoms with Crippen LogP contribution in [-0.2, 0) is 11.2 Å². The first kappa shape index (κ1) is 19.8. The third-order valence-corrected chi connectivity index (χ3v) is 5.65. The van der Waals surface area contributed by atoms with E-state index in [1.54, 1.807) is 24.5 Å². The average molecular weight is 420 g/mol. The summed E-state index contributed by atoms with van der Waals surface area (Å²) in [5.41, 5.74) is 7.24. The summed E-state index contributed by atoms with van der Waals surface area (Å²) >= 11 is 1.53. The summed E-state index contributed by atoms with van der Waals surface area (Å²) in [5, 5.41) is 3.53. The Morgan fingerprint density at radius 2 is 1.93 bits per heavy atom. The van der Waals surface area contributed by atoms with Crippen molar-refractivity contribution >= 4 is 34.1 Å². The summed E-state index contributed by atoms with van der Waals surface area (Å²) in [7, 11) is 0. The van der Waals surface area contributed by atoms with Crippen LogP contribution < -0.4 is 10.9 Å². The van der Waals surface area contributed by atoms with Gasteiger partial charge in [0.2, 0.25) is 5.91 Å². The number of pyridine rings is 1. The summed E-state index contributed by atoms with van der Waals surface area (Å²) in [6.45, 7) is 4.11. The molecule has 0 bridgehead atoms. The fourth-order valence-corrected chi connectivity index (χ4v) is 3.82. The molecule has 1 aromatic carbocycles. The molecule has 152 valence electrons. The van der Waals surface area contributed by atoms with Gasteiger partial charge in [-0.1, -0.05) is 32.0 Å². The van der Waals surface area contributed by atoms with Gasteiger partial charge in [0, 0.05) is 16.7 Å². The van der Waals surface area contributed by atoms with Crippen molar-refractivity contribution in [1.29, 1.82) is 0 Å². The SMILES string of the molecule is CC(C)c1nc(CC(=O)NNC(=O)c2cc(-c3ccco3)nc3ccccc23)cs1. The molecule has 0 aliphatic carbocycles. The number of hydrogen-bond acceptors (Lipinski definition) is 6. The van der Waals surface area contributed by atoms with Gasteiger partial charge in [-0.05, 0) is 24.3 Å². The number of para-hydroxylation sites is 1. The maximum Gasteiger partial charge on any atom is 0.270 e. The third-order valence-electron chi connectivity index (χ3n) is 4.45. The highest BCUT2D eigenvalue weighted by molar-refractivity contribution is 7.09. The molecule has 0 saturated heterocycles. The maximum atomic E-state index is 12.8. The van der Waals surface area contributed by atoms with Crippen LogP contribution in [0.3, 0.4) is 0 Å². The summed E-state index contributed by atoms with van der Waals surface area (Å²) in [6.07, 6.45) is 1.65. The Balaban J connectivity index is 1.50. The van der Waals surface area contributed by atoms with Crippen LogP contribution in [0.2, 0.25) is 0 Å². The van der Waals surface area contributed by atoms with Crippen molar-refractivity contribution in [2.24, 2.45) is 0 Å². The van der Waals surface area contributed by atoms with E-state index in [1.807, 2.05) is 29.6 Å². The van der Waals surface area contributed by atoms with E-state index in [9.17, 15) is 9.59 Å². The number of amides is 2. The molecule has 3 aromatic heterocycles. The second-order valence-electron chi connectivity index (χ2n) is 7.06. The van der Waals surface area contributed by atoms with Gasteiger partial charge in [0.05, 0.1) is 34.5 Å². The van der Waals surface area contributed by atoms with Crippen molar-refractivity contribution in [1.82, 2.24) is 20.8 Å². The summed E-state index contributed by atoms with van der Waals surface area (Å²) in [5.74, 6) is 0.0997. The minimum atomic E-state index is -0.434. The van der Waals surface area contributed by atoms with E-state index in [0.717, 1.165) is 5.01 Å². The predicted molar refractivity (Wildman–Crippen MR) is 115 cm³/mol. The summed E-state index contributed by atoms with van der Waals surface area (Å²) in [4.78, 5) is 34.1. The first-order valence-electron chi connectivity index (χ1n) is 9.48. The molecule has 4 aromatic rings. The van der Waals surface area contributed by atoms with Gasteiger partial charge in [-0.2, -0.15) is 0 Å². The first-order valence-corrected chi connectivity index (χ1v) is 10.4. The smallest absolute Gasteiger partial charge is 0.270 e. The van der Waals surface area contributed by atoms with Crippen LogP contribution in [-0.4, -0.2) is 21.8 Å². The van der Waals surface area contributed by atoms with Crippen LogP contribution >= 0.6 is 11.3 Å². The van der Waals surface area contributed by atoms with Gasteiger partial charge in [-0.25, -0.2) is 9.97 Å². The molecule has 30 heavy (non-hydrogen) atoms. The molecule has 3 heterocycles. The van der Waals surface area contributed by atoms with Crippen molar-refractivity contribution in [2.75, 3.05) is 0 Å². The molecule has 0 fully saturated rings. The van der Waals surface area contributed by atoms with Crippen LogP contribution in [0.5, 0.6) is 0 Å². The van der Waals surface area contributed by atoms with Gasteiger partial charge >= 0.3 is 0 Å². The standard InChI is InChI=1S/C22H20N4O3S/c1-13(2)22-23-14(12-30-22)10-20(27)25-26-21(28)16-11-18(19-8-5-9-29-19)24-17-7-4-3-6-15(16)17/h3-9,11-13H,10H2,1-2H3,(H,25,27)(H,26,28). The van der Waals surface area contributed by atoms with Gasteiger partial charge in [-0.3, -0.25) is 20.4 Å². The van der Waals surface area contributed by atoms with Gasteiger partial charge in [0.25, 0.3) is 5.91 Å². The Hall–Kier alpha value is -3.52. The number of carbonyl (C=O) groups excluding carboxylic acids is 2. The number of rotatable bonds is 5. The van der Waals surface area contributed by atoms with E-state index in [2.05, 4.69) is 34.7 Å². The Morgan fingerprint density at radius 3 is 2.67 bits per heavy atom. The number of thiazole rings is 1. The number of aromatic nitrogens is 2. The highest BCUT2D eigenvalue weighted by atomic mass is 32.1. The summed E-state index contributed by atoms with van der Waals surface area (Å²) in [6, 6.07) is 12.5. The number of fused-ring (bicyclic) bond motifs is 1. The van der Waals surface area contributed by atoms with E-state index in [1.165, 1.54) is 11.3 Å². The Morgan fingerprint density at radius 1 is 1.10 bits per heavy atom. The van der Waals surface area contributed by atoms with E-state index in [4.69, 9.17) is 4.42 Å². The Labute approximate surface area is 177 Å². The quantitative estimate of drug-likeness (QED) is 0.474. The Kier molecular flexibility index (Phi) is 5.58. The molecule has 8 heteroatoms. The zero-order valence-corrected chi connectivity index (χ0v) is 17.3. The topological polar surface area (TPSA) is 97.1 Å². The molecule has 7 nitrogen and oxygen atoms in total. The van der Waals surface area contributed by atoms with Crippen LogP contribution in [0, 0.1) is 0 Å². The van der Waals surface area contributed by atoms with E-state index < -0.39 is 5.91 Å². The normalized spacial score (nSPS) is 11.0. The number of hydrazine groups is 1. The maximum absolute atomic E-state index is 12.8. The van der Waals surface area contributed by atoms with Gasteiger partial charge in [0.1, 0.15) is 5.69 Å². The lowest BCUT2D eigenvalue weighted by Gasteiger charge is -2.10. The van der Waals surface area contributed by atoms with Crippen LogP contribution in [0.25, 0.3) is 22.4 Å². The molecule has 0 spiro atoms. The van der Waals surface area contributed by atoms with E-state index in [0.29, 0.717) is 39.5 Å². The average Bonchev–Trinajstić information content (AvgIpc) is 3.43. The molecule has 2 N–H and O–H groups in total. The number of hydrogen-bond donors (Lipinski definition) is 2. The third kappa shape index (κ3) is 4.23. The predicted octanol–water partition coefficient (Wildman–Crippen LogP) is 4.08. The van der Waals surface area contributed by atoms with E-state index >= 15 is 0 Å². The molecule has 4 rings (SSSR count). The largest absolute Gasteiger partial charge is 0.463 e. The van der Waals surface area contributed by atoms with Crippen molar-refractivity contribution < 1.29 is 14.0 Å². The fraction of sp³-hybridized carbons (Fsp3) is 0.182. The number of nitrogens with one attached hydrogen (secondary N) is 2. The van der Waals surface area contributed by atoms with Gasteiger partial charge in [-0.15, -0.1) is 11.3 Å². The molecule has 0 atom stereocenters. The second-order valence-corrected chi connectivity index (χ2v) is 7.95. The molecule has 0 radical (unpaired) electrons. The zero-order valence-electron chi connectivity index (χ0n) is 16.5. The Bertz CT molecular complexity index is 1200. The van der Waals surface area contributed by atoms with Crippen LogP contribution in [0.4, 0.5) is 0 Å². The lowest BCUT2D eigenvalue weighted by Crippen LogP contribution is -2.42. The van der Waals surface area contributed by atoms with Crippen molar-refractivity contribution in [3.8, 4) is 11.5 Å². The monoisotopic (exact) mass is 420 g/mol. The van der Waals surface area contributed by atoms with Crippen molar-refractivity contribution in [2.45, 2.75) is 26.2 Å². The van der Waals surface area contributed by atoms with Gasteiger partial charge < -0.3 is 4.42 Å². The lowest BCUT2D eigenvalue weighted by atomic mass is 10.1. The molecular weight excluding hydrogens is 400 g/mol. The van der Waals surface area contributed by atoms with Crippen molar-refractivity contribution in [3.05, 3.63) is 70.4 Å². The fourth-order valence-electron chi connectivity index (χ4n) is 2.99. The minimum absolute atomic E-state index is 0.0955. The summed E-state index contributed by atoms with van der Waals surface area (Å²) < 4.78 is 5.42. The van der Waals surface area contributed by atoms with Crippen molar-refractivity contribution in [3.63, 3.8) is 0 Å². The number of furan rings is 1. The number of nitrogens with zero attached hydrogens (tertiary/aromatic N) is 2. The first-order chi connectivity index (χ1) is 14.5. The van der Waals surface area contributed by atoms with Crippen LogP contribution in [0.1, 0.15) is 40.8 Å². The zero-order chi connectivity index (χ0) is 21.1. The molecular formula is C22H20N4O3S. The minimum Gasteiger partial charge on any atom is -0.463 e. The molecule has 0 aliphatic heterocycles. The number of carbonyl (C=O) groups is 2. The van der Waals surface area contributed by atoms with Crippen LogP contribution in [0.15, 0.2) is 58.5 Å². The van der Waals surface area contributed by atoms with E-state index in [-0.39, 0.29) is 12.3 Å². The van der Waals surface area contributed by atoms with Gasteiger partial charge in [0.15, 0.2) is 5.76 Å². The molecule has 0 saturated carbocycles. The lowest BCUT2D eigenvalue weighted by molar-refractivity contribution is -0.121.